The predicted octanol–water partition coefficient (Wildman–Crippen LogP) is 4.06. The van der Waals surface area contributed by atoms with Crippen LogP contribution in [-0.2, 0) is 14.8 Å². The molecule has 2 aromatic rings. The lowest BCUT2D eigenvalue weighted by atomic mass is 10.0. The maximum Gasteiger partial charge on any atom is 0.424 e. The van der Waals surface area contributed by atoms with Crippen LogP contribution in [0.4, 0.5) is 10.5 Å². The Bertz CT molecular complexity index is 1030. The van der Waals surface area contributed by atoms with Gasteiger partial charge in [0.1, 0.15) is 5.60 Å². The van der Waals surface area contributed by atoms with Crippen LogP contribution in [-0.4, -0.2) is 47.6 Å². The molecule has 0 bridgehead atoms. The Morgan fingerprint density at radius 1 is 1.16 bits per heavy atom. The molecule has 1 atom stereocenters. The fraction of sp³-hybridized carbons (Fsp3) is 0.350. The van der Waals surface area contributed by atoms with Crippen molar-refractivity contribution in [1.82, 2.24) is 4.31 Å². The van der Waals surface area contributed by atoms with Gasteiger partial charge >= 0.3 is 6.09 Å². The van der Waals surface area contributed by atoms with Crippen molar-refractivity contribution in [2.75, 3.05) is 13.2 Å². The van der Waals surface area contributed by atoms with Crippen LogP contribution in [0.15, 0.2) is 57.9 Å². The molecule has 2 rings (SSSR count). The fourth-order valence-electron chi connectivity index (χ4n) is 2.65. The maximum atomic E-state index is 13.2. The van der Waals surface area contributed by atoms with Gasteiger partial charge in [-0.15, -0.1) is 0 Å². The minimum Gasteiger partial charge on any atom is -0.443 e. The largest absolute Gasteiger partial charge is 0.443 e. The highest BCUT2D eigenvalue weighted by Crippen LogP contribution is 2.26. The number of benzene rings is 2. The number of aliphatic hydroxyl groups is 1. The Kier molecular flexibility index (Phi) is 7.79. The zero-order valence-electron chi connectivity index (χ0n) is 17.2. The molecule has 0 aliphatic heterocycles. The molecule has 0 saturated carbocycles. The summed E-state index contributed by atoms with van der Waals surface area (Å²) in [5.41, 5.74) is -0.629. The SMILES string of the molecule is CC(C)(C)OC(=O)N(CC(CO)c1ccc(Br)cc1)S(=O)(=O)c1ccc([N+](=O)[O-])cc1. The molecule has 0 heterocycles. The number of carbonyl (C=O) groups is 1. The minimum absolute atomic E-state index is 0.286. The molecule has 0 radical (unpaired) electrons. The van der Waals surface area contributed by atoms with Crippen LogP contribution < -0.4 is 0 Å². The lowest BCUT2D eigenvalue weighted by molar-refractivity contribution is -0.384. The van der Waals surface area contributed by atoms with E-state index in [9.17, 15) is 28.4 Å². The van der Waals surface area contributed by atoms with Crippen LogP contribution in [0.3, 0.4) is 0 Å². The second-order valence-electron chi connectivity index (χ2n) is 7.70. The van der Waals surface area contributed by atoms with Gasteiger partial charge in [0.25, 0.3) is 15.7 Å². The zero-order chi connectivity index (χ0) is 23.4. The lowest BCUT2D eigenvalue weighted by Gasteiger charge is -2.29. The summed E-state index contributed by atoms with van der Waals surface area (Å²) in [4.78, 5) is 22.7. The number of amides is 1. The van der Waals surface area contributed by atoms with Crippen molar-refractivity contribution < 1.29 is 28.0 Å². The summed E-state index contributed by atoms with van der Waals surface area (Å²) in [6.45, 7) is 3.99. The van der Waals surface area contributed by atoms with E-state index in [4.69, 9.17) is 4.74 Å². The third-order valence-electron chi connectivity index (χ3n) is 4.18. The van der Waals surface area contributed by atoms with Gasteiger partial charge in [-0.1, -0.05) is 28.1 Å². The van der Waals surface area contributed by atoms with E-state index in [1.807, 2.05) is 0 Å². The third kappa shape index (κ3) is 6.49. The lowest BCUT2D eigenvalue weighted by Crippen LogP contribution is -2.43. The van der Waals surface area contributed by atoms with Gasteiger partial charge < -0.3 is 9.84 Å². The smallest absolute Gasteiger partial charge is 0.424 e. The van der Waals surface area contributed by atoms with Crippen molar-refractivity contribution in [1.29, 1.82) is 0 Å². The monoisotopic (exact) mass is 514 g/mol. The molecule has 2 aromatic carbocycles. The van der Waals surface area contributed by atoms with Gasteiger partial charge in [-0.2, -0.15) is 4.31 Å². The number of halogens is 1. The second-order valence-corrected chi connectivity index (χ2v) is 10.5. The van der Waals surface area contributed by atoms with Crippen molar-refractivity contribution in [3.63, 3.8) is 0 Å². The Morgan fingerprint density at radius 3 is 2.16 bits per heavy atom. The van der Waals surface area contributed by atoms with Crippen molar-refractivity contribution in [3.8, 4) is 0 Å². The van der Waals surface area contributed by atoms with E-state index in [1.165, 1.54) is 0 Å². The molecule has 0 spiro atoms. The molecule has 1 unspecified atom stereocenters. The number of ether oxygens (including phenoxy) is 1. The number of aliphatic hydroxyl groups excluding tert-OH is 1. The highest BCUT2D eigenvalue weighted by Gasteiger charge is 2.35. The molecule has 168 valence electrons. The molecule has 0 aliphatic carbocycles. The number of carbonyl (C=O) groups excluding carboxylic acids is 1. The highest BCUT2D eigenvalue weighted by atomic mass is 79.9. The number of nitrogens with zero attached hydrogens (tertiary/aromatic N) is 2. The standard InChI is InChI=1S/C20H23BrN2O7S/c1-20(2,3)30-19(25)22(12-15(13-24)14-4-6-16(21)7-5-14)31(28,29)18-10-8-17(9-11-18)23(26)27/h4-11,15,24H,12-13H2,1-3H3. The van der Waals surface area contributed by atoms with Gasteiger partial charge in [-0.3, -0.25) is 10.1 Å². The van der Waals surface area contributed by atoms with Crippen molar-refractivity contribution in [2.45, 2.75) is 37.2 Å². The topological polar surface area (TPSA) is 127 Å². The Morgan fingerprint density at radius 2 is 1.71 bits per heavy atom. The van der Waals surface area contributed by atoms with Crippen molar-refractivity contribution in [3.05, 3.63) is 68.7 Å². The molecule has 0 fully saturated rings. The van der Waals surface area contributed by atoms with Gasteiger partial charge in [-0.25, -0.2) is 13.2 Å². The average molecular weight is 515 g/mol. The van der Waals surface area contributed by atoms with Gasteiger partial charge in [0.05, 0.1) is 16.4 Å². The number of hydrogen-bond acceptors (Lipinski definition) is 7. The van der Waals surface area contributed by atoms with E-state index in [0.29, 0.717) is 9.87 Å². The summed E-state index contributed by atoms with van der Waals surface area (Å²) in [6.07, 6.45) is -1.11. The first kappa shape index (κ1) is 24.8. The Hall–Kier alpha value is -2.50. The minimum atomic E-state index is -4.42. The Balaban J connectivity index is 2.46. The van der Waals surface area contributed by atoms with E-state index in [-0.39, 0.29) is 17.1 Å². The quantitative estimate of drug-likeness (QED) is 0.435. The zero-order valence-corrected chi connectivity index (χ0v) is 19.6. The first-order valence-electron chi connectivity index (χ1n) is 9.21. The number of rotatable bonds is 7. The summed E-state index contributed by atoms with van der Waals surface area (Å²) >= 11 is 3.31. The molecule has 1 N–H and O–H groups in total. The molecular formula is C20H23BrN2O7S. The summed E-state index contributed by atoms with van der Waals surface area (Å²) in [7, 11) is -4.42. The number of hydrogen-bond donors (Lipinski definition) is 1. The summed E-state index contributed by atoms with van der Waals surface area (Å²) in [5, 5.41) is 20.8. The van der Waals surface area contributed by atoms with Crippen molar-refractivity contribution >= 4 is 37.7 Å². The van der Waals surface area contributed by atoms with E-state index in [0.717, 1.165) is 28.7 Å². The maximum absolute atomic E-state index is 13.2. The van der Waals surface area contributed by atoms with Gasteiger partial charge in [0.2, 0.25) is 0 Å². The molecule has 9 nitrogen and oxygen atoms in total. The molecule has 11 heteroatoms. The number of sulfonamides is 1. The van der Waals surface area contributed by atoms with E-state index >= 15 is 0 Å². The van der Waals surface area contributed by atoms with Crippen LogP contribution >= 0.6 is 15.9 Å². The summed E-state index contributed by atoms with van der Waals surface area (Å²) in [6, 6.07) is 11.1. The highest BCUT2D eigenvalue weighted by molar-refractivity contribution is 9.10. The molecular weight excluding hydrogens is 492 g/mol. The van der Waals surface area contributed by atoms with E-state index in [1.54, 1.807) is 45.0 Å². The normalized spacial score (nSPS) is 12.8. The van der Waals surface area contributed by atoms with Crippen LogP contribution in [0.2, 0.25) is 0 Å². The van der Waals surface area contributed by atoms with Crippen LogP contribution in [0, 0.1) is 10.1 Å². The second kappa shape index (κ2) is 9.75. The summed E-state index contributed by atoms with van der Waals surface area (Å²) < 4.78 is 33.1. The number of nitro groups is 1. The van der Waals surface area contributed by atoms with Gasteiger partial charge in [0.15, 0.2) is 0 Å². The van der Waals surface area contributed by atoms with Crippen LogP contribution in [0.5, 0.6) is 0 Å². The Labute approximate surface area is 189 Å². The van der Waals surface area contributed by atoms with Crippen LogP contribution in [0.1, 0.15) is 32.3 Å². The molecule has 1 amide bonds. The number of non-ortho nitro benzene ring substituents is 1. The molecule has 0 aromatic heterocycles. The van der Waals surface area contributed by atoms with Crippen molar-refractivity contribution in [2.24, 2.45) is 0 Å². The van der Waals surface area contributed by atoms with E-state index < -0.39 is 39.2 Å². The average Bonchev–Trinajstić information content (AvgIpc) is 2.68. The first-order chi connectivity index (χ1) is 14.3. The van der Waals surface area contributed by atoms with Gasteiger partial charge in [0, 0.05) is 29.1 Å². The predicted molar refractivity (Wildman–Crippen MR) is 117 cm³/mol. The molecule has 0 aliphatic rings. The fourth-order valence-corrected chi connectivity index (χ4v) is 4.26. The molecule has 31 heavy (non-hydrogen) atoms. The molecule has 0 saturated heterocycles. The van der Waals surface area contributed by atoms with E-state index in [2.05, 4.69) is 15.9 Å². The van der Waals surface area contributed by atoms with Crippen LogP contribution in [0.25, 0.3) is 0 Å². The third-order valence-corrected chi connectivity index (χ3v) is 6.46. The van der Waals surface area contributed by atoms with Gasteiger partial charge in [-0.05, 0) is 50.6 Å². The number of nitro benzene ring substituents is 1. The summed E-state index contributed by atoms with van der Waals surface area (Å²) in [5.74, 6) is -0.714. The first-order valence-corrected chi connectivity index (χ1v) is 11.4.